The number of benzene rings is 1. The second-order valence-electron chi connectivity index (χ2n) is 5.33. The number of hydrogen-bond acceptors (Lipinski definition) is 3. The third-order valence-corrected chi connectivity index (χ3v) is 3.76. The molecule has 4 nitrogen and oxygen atoms in total. The molecule has 0 spiro atoms. The molecule has 4 heteroatoms. The van der Waals surface area contributed by atoms with Crippen LogP contribution in [0.15, 0.2) is 24.3 Å². The Balaban J connectivity index is 2.74. The molecule has 0 saturated heterocycles. The molecule has 3 N–H and O–H groups in total. The van der Waals surface area contributed by atoms with Gasteiger partial charge < -0.3 is 15.8 Å². The maximum atomic E-state index is 12.2. The van der Waals surface area contributed by atoms with Gasteiger partial charge in [0.25, 0.3) is 5.91 Å². The monoisotopic (exact) mass is 292 g/mol. The molecule has 0 fully saturated rings. The van der Waals surface area contributed by atoms with E-state index < -0.39 is 6.10 Å². The number of para-hydroxylation sites is 1. The van der Waals surface area contributed by atoms with E-state index in [-0.39, 0.29) is 18.0 Å². The normalized spacial score (nSPS) is 13.8. The lowest BCUT2D eigenvalue weighted by molar-refractivity contribution is -0.128. The molecule has 0 radical (unpaired) electrons. The van der Waals surface area contributed by atoms with Crippen LogP contribution < -0.4 is 15.8 Å². The van der Waals surface area contributed by atoms with E-state index in [2.05, 4.69) is 19.2 Å². The van der Waals surface area contributed by atoms with Gasteiger partial charge in [-0.3, -0.25) is 4.79 Å². The molecule has 0 saturated carbocycles. The topological polar surface area (TPSA) is 64.3 Å². The van der Waals surface area contributed by atoms with Gasteiger partial charge in [0, 0.05) is 17.6 Å². The molecule has 1 amide bonds. The maximum absolute atomic E-state index is 12.2. The summed E-state index contributed by atoms with van der Waals surface area (Å²) in [6.07, 6.45) is 2.14. The van der Waals surface area contributed by atoms with Crippen molar-refractivity contribution in [2.24, 2.45) is 5.73 Å². The van der Waals surface area contributed by atoms with Crippen molar-refractivity contribution in [1.29, 1.82) is 0 Å². The molecule has 2 atom stereocenters. The minimum atomic E-state index is -0.532. The predicted molar refractivity (Wildman–Crippen MR) is 86.3 cm³/mol. The van der Waals surface area contributed by atoms with Crippen molar-refractivity contribution in [2.45, 2.75) is 65.1 Å². The zero-order chi connectivity index (χ0) is 15.8. The number of nitrogens with one attached hydrogen (secondary N) is 1. The molecule has 21 heavy (non-hydrogen) atoms. The van der Waals surface area contributed by atoms with E-state index in [4.69, 9.17) is 10.5 Å². The standard InChI is InChI=1S/C17H28N2O2/c1-5-13(6-2)19-17(20)12(4)21-16-11-9-8-10-14(16)15(18)7-3/h8-13,15H,5-7,18H2,1-4H3,(H,19,20)/t12?,15-/m0/s1. The van der Waals surface area contributed by atoms with Crippen LogP contribution in [0, 0.1) is 0 Å². The zero-order valence-corrected chi connectivity index (χ0v) is 13.6. The lowest BCUT2D eigenvalue weighted by atomic mass is 10.0. The molecule has 0 aliphatic carbocycles. The number of carbonyl (C=O) groups excluding carboxylic acids is 1. The van der Waals surface area contributed by atoms with Gasteiger partial charge in [0.2, 0.25) is 0 Å². The van der Waals surface area contributed by atoms with Crippen molar-refractivity contribution in [3.05, 3.63) is 29.8 Å². The number of nitrogens with two attached hydrogens (primary N) is 1. The first-order valence-electron chi connectivity index (χ1n) is 7.84. The minimum Gasteiger partial charge on any atom is -0.481 e. The number of hydrogen-bond donors (Lipinski definition) is 2. The molecule has 1 rings (SSSR count). The van der Waals surface area contributed by atoms with Crippen LogP contribution >= 0.6 is 0 Å². The molecule has 0 heterocycles. The lowest BCUT2D eigenvalue weighted by Gasteiger charge is -2.22. The first-order valence-corrected chi connectivity index (χ1v) is 7.84. The van der Waals surface area contributed by atoms with E-state index in [1.807, 2.05) is 31.2 Å². The molecule has 0 bridgehead atoms. The fourth-order valence-corrected chi connectivity index (χ4v) is 2.17. The van der Waals surface area contributed by atoms with Crippen molar-refractivity contribution in [2.75, 3.05) is 0 Å². The van der Waals surface area contributed by atoms with Crippen LogP contribution in [0.25, 0.3) is 0 Å². The summed E-state index contributed by atoms with van der Waals surface area (Å²) in [5, 5.41) is 3.00. The summed E-state index contributed by atoms with van der Waals surface area (Å²) in [6.45, 7) is 7.93. The molecular formula is C17H28N2O2. The van der Waals surface area contributed by atoms with E-state index in [0.29, 0.717) is 5.75 Å². The third-order valence-electron chi connectivity index (χ3n) is 3.76. The second-order valence-corrected chi connectivity index (χ2v) is 5.33. The van der Waals surface area contributed by atoms with Crippen LogP contribution in [0.3, 0.4) is 0 Å². The Morgan fingerprint density at radius 2 is 1.81 bits per heavy atom. The highest BCUT2D eigenvalue weighted by Crippen LogP contribution is 2.26. The van der Waals surface area contributed by atoms with E-state index >= 15 is 0 Å². The van der Waals surface area contributed by atoms with E-state index in [9.17, 15) is 4.79 Å². The lowest BCUT2D eigenvalue weighted by Crippen LogP contribution is -2.42. The van der Waals surface area contributed by atoms with Gasteiger partial charge in [0.1, 0.15) is 5.75 Å². The van der Waals surface area contributed by atoms with Crippen LogP contribution in [0.5, 0.6) is 5.75 Å². The number of ether oxygens (including phenoxy) is 1. The van der Waals surface area contributed by atoms with Gasteiger partial charge in [0.05, 0.1) is 0 Å². The van der Waals surface area contributed by atoms with E-state index in [1.165, 1.54) is 0 Å². The fourth-order valence-electron chi connectivity index (χ4n) is 2.17. The summed E-state index contributed by atoms with van der Waals surface area (Å²) < 4.78 is 5.83. The largest absolute Gasteiger partial charge is 0.481 e. The molecule has 0 aliphatic heterocycles. The molecule has 1 aromatic carbocycles. The number of rotatable bonds is 8. The van der Waals surface area contributed by atoms with Crippen LogP contribution in [0.4, 0.5) is 0 Å². The van der Waals surface area contributed by atoms with E-state index in [1.54, 1.807) is 6.92 Å². The Morgan fingerprint density at radius 3 is 2.38 bits per heavy atom. The van der Waals surface area contributed by atoms with Crippen molar-refractivity contribution in [3.8, 4) is 5.75 Å². The minimum absolute atomic E-state index is 0.0736. The van der Waals surface area contributed by atoms with Gasteiger partial charge >= 0.3 is 0 Å². The molecular weight excluding hydrogens is 264 g/mol. The average molecular weight is 292 g/mol. The van der Waals surface area contributed by atoms with Gasteiger partial charge in [0.15, 0.2) is 6.10 Å². The Bertz CT molecular complexity index is 444. The summed E-state index contributed by atoms with van der Waals surface area (Å²) in [7, 11) is 0. The Morgan fingerprint density at radius 1 is 1.19 bits per heavy atom. The molecule has 0 aromatic heterocycles. The maximum Gasteiger partial charge on any atom is 0.260 e. The molecule has 0 aliphatic rings. The summed E-state index contributed by atoms with van der Waals surface area (Å²) in [5.74, 6) is 0.614. The van der Waals surface area contributed by atoms with Gasteiger partial charge in [-0.25, -0.2) is 0 Å². The van der Waals surface area contributed by atoms with Crippen LogP contribution in [0.1, 0.15) is 58.6 Å². The second kappa shape index (κ2) is 8.67. The first-order chi connectivity index (χ1) is 10.0. The van der Waals surface area contributed by atoms with Crippen LogP contribution in [-0.2, 0) is 4.79 Å². The van der Waals surface area contributed by atoms with E-state index in [0.717, 1.165) is 24.8 Å². The summed E-state index contributed by atoms with van der Waals surface area (Å²) in [4.78, 5) is 12.2. The number of carbonyl (C=O) groups is 1. The van der Waals surface area contributed by atoms with Gasteiger partial charge in [-0.15, -0.1) is 0 Å². The Labute approximate surface area is 128 Å². The van der Waals surface area contributed by atoms with Gasteiger partial charge in [-0.05, 0) is 32.3 Å². The Hall–Kier alpha value is -1.55. The van der Waals surface area contributed by atoms with Crippen molar-refractivity contribution in [3.63, 3.8) is 0 Å². The van der Waals surface area contributed by atoms with Crippen molar-refractivity contribution < 1.29 is 9.53 Å². The molecule has 1 unspecified atom stereocenters. The average Bonchev–Trinajstić information content (AvgIpc) is 2.51. The molecule has 1 aromatic rings. The van der Waals surface area contributed by atoms with Crippen molar-refractivity contribution in [1.82, 2.24) is 5.32 Å². The SMILES string of the molecule is CCC(CC)NC(=O)C(C)Oc1ccccc1[C@@H](N)CC. The smallest absolute Gasteiger partial charge is 0.260 e. The quantitative estimate of drug-likeness (QED) is 0.773. The van der Waals surface area contributed by atoms with Crippen LogP contribution in [-0.4, -0.2) is 18.1 Å². The Kier molecular flexibility index (Phi) is 7.23. The van der Waals surface area contributed by atoms with Gasteiger partial charge in [-0.2, -0.15) is 0 Å². The fraction of sp³-hybridized carbons (Fsp3) is 0.588. The molecule has 118 valence electrons. The summed E-state index contributed by atoms with van der Waals surface area (Å²) in [5.41, 5.74) is 7.04. The van der Waals surface area contributed by atoms with Crippen LogP contribution in [0.2, 0.25) is 0 Å². The summed E-state index contributed by atoms with van der Waals surface area (Å²) >= 11 is 0. The first kappa shape index (κ1) is 17.5. The van der Waals surface area contributed by atoms with Crippen molar-refractivity contribution >= 4 is 5.91 Å². The zero-order valence-electron chi connectivity index (χ0n) is 13.6. The van der Waals surface area contributed by atoms with Gasteiger partial charge in [-0.1, -0.05) is 39.0 Å². The number of amides is 1. The predicted octanol–water partition coefficient (Wildman–Crippen LogP) is 3.17. The highest BCUT2D eigenvalue weighted by atomic mass is 16.5. The third kappa shape index (κ3) is 5.05. The summed E-state index contributed by atoms with van der Waals surface area (Å²) in [6, 6.07) is 7.78. The highest BCUT2D eigenvalue weighted by molar-refractivity contribution is 5.81. The highest BCUT2D eigenvalue weighted by Gasteiger charge is 2.19.